The van der Waals surface area contributed by atoms with Gasteiger partial charge in [0.05, 0.1) is 10.8 Å². The number of likely N-dealkylation sites (tertiary alicyclic amines) is 1. The number of nitrogens with one attached hydrogen (secondary N) is 2. The highest BCUT2D eigenvalue weighted by Gasteiger charge is 2.35. The zero-order chi connectivity index (χ0) is 19.3. The van der Waals surface area contributed by atoms with E-state index in [1.807, 2.05) is 20.8 Å². The van der Waals surface area contributed by atoms with Crippen LogP contribution in [0.4, 0.5) is 5.69 Å². The summed E-state index contributed by atoms with van der Waals surface area (Å²) in [4.78, 5) is 26.1. The summed E-state index contributed by atoms with van der Waals surface area (Å²) in [5.41, 5.74) is 0.512. The Bertz CT molecular complexity index is 744. The zero-order valence-electron chi connectivity index (χ0n) is 15.5. The fourth-order valence-electron chi connectivity index (χ4n) is 2.83. The van der Waals surface area contributed by atoms with Crippen LogP contribution in [0.1, 0.15) is 40.0 Å². The Morgan fingerprint density at radius 1 is 1.27 bits per heavy atom. The molecule has 0 aliphatic carbocycles. The number of hydrogen-bond acceptors (Lipinski definition) is 4. The number of nitrogens with zero attached hydrogens (tertiary/aromatic N) is 1. The van der Waals surface area contributed by atoms with E-state index in [0.717, 1.165) is 12.8 Å². The summed E-state index contributed by atoms with van der Waals surface area (Å²) >= 11 is 0. The summed E-state index contributed by atoms with van der Waals surface area (Å²) in [7, 11) is -3.53. The molecule has 0 saturated carbocycles. The van der Waals surface area contributed by atoms with Gasteiger partial charge in [-0.05, 0) is 44.5 Å². The number of anilines is 1. The molecule has 1 aromatic rings. The highest BCUT2D eigenvalue weighted by molar-refractivity contribution is 7.89. The molecular weight excluding hydrogens is 354 g/mol. The second kappa shape index (κ2) is 8.64. The van der Waals surface area contributed by atoms with Gasteiger partial charge < -0.3 is 10.2 Å². The van der Waals surface area contributed by atoms with E-state index < -0.39 is 10.0 Å². The standard InChI is InChI=1S/C18H27N3O4S/c1-4-5-10-19-26(24,25)16-8-6-15(7-9-16)20-18(23)14-11-17(22)21(12-14)13(2)3/h6-9,13-14,19H,4-5,10-12H2,1-3H3,(H,20,23)/t14-/m0/s1. The van der Waals surface area contributed by atoms with Crippen molar-refractivity contribution >= 4 is 27.5 Å². The molecule has 0 spiro atoms. The van der Waals surface area contributed by atoms with E-state index >= 15 is 0 Å². The molecule has 2 N–H and O–H groups in total. The first-order chi connectivity index (χ1) is 12.2. The first-order valence-corrected chi connectivity index (χ1v) is 10.4. The van der Waals surface area contributed by atoms with Crippen molar-refractivity contribution in [2.24, 2.45) is 5.92 Å². The largest absolute Gasteiger partial charge is 0.339 e. The quantitative estimate of drug-likeness (QED) is 0.673. The third-order valence-electron chi connectivity index (χ3n) is 4.41. The lowest BCUT2D eigenvalue weighted by atomic mass is 10.1. The number of carbonyl (C=O) groups is 2. The Balaban J connectivity index is 1.97. The van der Waals surface area contributed by atoms with Gasteiger partial charge in [0.15, 0.2) is 0 Å². The summed E-state index contributed by atoms with van der Waals surface area (Å²) in [5, 5.41) is 2.76. The first-order valence-electron chi connectivity index (χ1n) is 8.94. The van der Waals surface area contributed by atoms with Crippen molar-refractivity contribution in [3.05, 3.63) is 24.3 Å². The van der Waals surface area contributed by atoms with Gasteiger partial charge in [-0.25, -0.2) is 13.1 Å². The van der Waals surface area contributed by atoms with Crippen molar-refractivity contribution < 1.29 is 18.0 Å². The molecule has 7 nitrogen and oxygen atoms in total. The van der Waals surface area contributed by atoms with E-state index in [9.17, 15) is 18.0 Å². The third-order valence-corrected chi connectivity index (χ3v) is 5.88. The molecule has 2 amide bonds. The molecular formula is C18H27N3O4S. The number of benzene rings is 1. The predicted octanol–water partition coefficient (Wildman–Crippen LogP) is 1.96. The molecule has 1 saturated heterocycles. The molecule has 1 aliphatic rings. The Labute approximate surface area is 155 Å². The highest BCUT2D eigenvalue weighted by Crippen LogP contribution is 2.22. The van der Waals surface area contributed by atoms with Crippen LogP contribution in [0.25, 0.3) is 0 Å². The number of hydrogen-bond donors (Lipinski definition) is 2. The molecule has 0 radical (unpaired) electrons. The molecule has 0 unspecified atom stereocenters. The van der Waals surface area contributed by atoms with Crippen LogP contribution in [0.2, 0.25) is 0 Å². The molecule has 26 heavy (non-hydrogen) atoms. The minimum atomic E-state index is -3.53. The van der Waals surface area contributed by atoms with Crippen LogP contribution < -0.4 is 10.0 Å². The number of amides is 2. The van der Waals surface area contributed by atoms with Gasteiger partial charge in [-0.15, -0.1) is 0 Å². The lowest BCUT2D eigenvalue weighted by Crippen LogP contribution is -2.33. The van der Waals surface area contributed by atoms with Gasteiger partial charge in [0.2, 0.25) is 21.8 Å². The number of rotatable bonds is 8. The Kier molecular flexibility index (Phi) is 6.77. The van der Waals surface area contributed by atoms with Gasteiger partial charge in [-0.1, -0.05) is 13.3 Å². The van der Waals surface area contributed by atoms with Crippen LogP contribution in [0.5, 0.6) is 0 Å². The molecule has 1 fully saturated rings. The van der Waals surface area contributed by atoms with Crippen molar-refractivity contribution in [2.45, 2.75) is 51.0 Å². The molecule has 1 heterocycles. The van der Waals surface area contributed by atoms with Gasteiger partial charge in [0.1, 0.15) is 0 Å². The Morgan fingerprint density at radius 3 is 2.46 bits per heavy atom. The smallest absolute Gasteiger partial charge is 0.240 e. The monoisotopic (exact) mass is 381 g/mol. The Morgan fingerprint density at radius 2 is 1.92 bits per heavy atom. The van der Waals surface area contributed by atoms with Crippen LogP contribution in [-0.4, -0.2) is 44.3 Å². The molecule has 0 aromatic heterocycles. The molecule has 1 aliphatic heterocycles. The SMILES string of the molecule is CCCCNS(=O)(=O)c1ccc(NC(=O)[C@H]2CC(=O)N(C(C)C)C2)cc1. The second-order valence-corrected chi connectivity index (χ2v) is 8.57. The van der Waals surface area contributed by atoms with Gasteiger partial charge in [-0.3, -0.25) is 9.59 Å². The number of carbonyl (C=O) groups excluding carboxylic acids is 2. The maximum Gasteiger partial charge on any atom is 0.240 e. The second-order valence-electron chi connectivity index (χ2n) is 6.81. The fourth-order valence-corrected chi connectivity index (χ4v) is 3.91. The highest BCUT2D eigenvalue weighted by atomic mass is 32.2. The average Bonchev–Trinajstić information content (AvgIpc) is 2.98. The Hall–Kier alpha value is -1.93. The summed E-state index contributed by atoms with van der Waals surface area (Å²) in [6, 6.07) is 6.12. The average molecular weight is 381 g/mol. The maximum absolute atomic E-state index is 12.4. The van der Waals surface area contributed by atoms with E-state index in [4.69, 9.17) is 0 Å². The van der Waals surface area contributed by atoms with Gasteiger partial charge in [0, 0.05) is 31.2 Å². The minimum Gasteiger partial charge on any atom is -0.339 e. The van der Waals surface area contributed by atoms with E-state index in [0.29, 0.717) is 18.8 Å². The summed E-state index contributed by atoms with van der Waals surface area (Å²) in [6.45, 7) is 6.65. The lowest BCUT2D eigenvalue weighted by molar-refractivity contribution is -0.129. The van der Waals surface area contributed by atoms with Crippen molar-refractivity contribution in [2.75, 3.05) is 18.4 Å². The summed E-state index contributed by atoms with van der Waals surface area (Å²) < 4.78 is 26.8. The molecule has 1 atom stereocenters. The molecule has 0 bridgehead atoms. The first kappa shape index (κ1) is 20.4. The van der Waals surface area contributed by atoms with Gasteiger partial charge in [-0.2, -0.15) is 0 Å². The van der Waals surface area contributed by atoms with Crippen LogP contribution >= 0.6 is 0 Å². The fraction of sp³-hybridized carbons (Fsp3) is 0.556. The number of sulfonamides is 1. The van der Waals surface area contributed by atoms with Crippen LogP contribution in [0.15, 0.2) is 29.2 Å². The molecule has 144 valence electrons. The van der Waals surface area contributed by atoms with Crippen molar-refractivity contribution in [3.8, 4) is 0 Å². The van der Waals surface area contributed by atoms with Gasteiger partial charge >= 0.3 is 0 Å². The molecule has 2 rings (SSSR count). The van der Waals surface area contributed by atoms with Crippen LogP contribution in [0.3, 0.4) is 0 Å². The predicted molar refractivity (Wildman–Crippen MR) is 100 cm³/mol. The molecule has 8 heteroatoms. The summed E-state index contributed by atoms with van der Waals surface area (Å²) in [5.74, 6) is -0.623. The lowest BCUT2D eigenvalue weighted by Gasteiger charge is -2.20. The normalized spacial score (nSPS) is 17.8. The number of unbranched alkanes of at least 4 members (excludes halogenated alkanes) is 1. The molecule has 1 aromatic carbocycles. The van der Waals surface area contributed by atoms with Crippen molar-refractivity contribution in [3.63, 3.8) is 0 Å². The zero-order valence-corrected chi connectivity index (χ0v) is 16.3. The minimum absolute atomic E-state index is 0.0141. The van der Waals surface area contributed by atoms with E-state index in [1.165, 1.54) is 12.1 Å². The van der Waals surface area contributed by atoms with E-state index in [-0.39, 0.29) is 35.1 Å². The van der Waals surface area contributed by atoms with Crippen molar-refractivity contribution in [1.29, 1.82) is 0 Å². The summed E-state index contributed by atoms with van der Waals surface area (Å²) in [6.07, 6.45) is 1.89. The van der Waals surface area contributed by atoms with E-state index in [1.54, 1.807) is 17.0 Å². The van der Waals surface area contributed by atoms with E-state index in [2.05, 4.69) is 10.0 Å². The maximum atomic E-state index is 12.4. The van der Waals surface area contributed by atoms with Gasteiger partial charge in [0.25, 0.3) is 0 Å². The van der Waals surface area contributed by atoms with Crippen LogP contribution in [0, 0.1) is 5.92 Å². The van der Waals surface area contributed by atoms with Crippen molar-refractivity contribution in [1.82, 2.24) is 9.62 Å². The van der Waals surface area contributed by atoms with Crippen LogP contribution in [-0.2, 0) is 19.6 Å². The topological polar surface area (TPSA) is 95.6 Å². The third kappa shape index (κ3) is 5.04.